The molecule has 0 saturated carbocycles. The molecule has 1 unspecified atom stereocenters. The summed E-state index contributed by atoms with van der Waals surface area (Å²) in [5.41, 5.74) is 2.14. The number of hydrogen-bond acceptors (Lipinski definition) is 5. The SMILES string of the molecule is COc1cc2c(cc1OC)C1(CCN(C(=O)CC(C)N(C)C)CC1)OCC2. The van der Waals surface area contributed by atoms with E-state index < -0.39 is 0 Å². The average Bonchev–Trinajstić information content (AvgIpc) is 2.67. The largest absolute Gasteiger partial charge is 0.493 e. The standard InChI is InChI=1S/C21H32N2O4/c1-15(22(2)3)12-20(24)23-9-7-21(8-10-23)17-14-19(26-5)18(25-4)13-16(17)6-11-27-21/h13-15H,6-12H2,1-5H3. The fourth-order valence-electron chi connectivity index (χ4n) is 4.08. The molecule has 1 amide bonds. The molecule has 3 rings (SSSR count). The number of likely N-dealkylation sites (tertiary alicyclic amines) is 1. The molecule has 0 bridgehead atoms. The van der Waals surface area contributed by atoms with E-state index in [4.69, 9.17) is 14.2 Å². The van der Waals surface area contributed by atoms with Crippen LogP contribution in [-0.4, -0.2) is 69.8 Å². The first kappa shape index (κ1) is 20.0. The lowest BCUT2D eigenvalue weighted by Gasteiger charge is -2.45. The van der Waals surface area contributed by atoms with Gasteiger partial charge in [-0.05, 0) is 63.5 Å². The van der Waals surface area contributed by atoms with Gasteiger partial charge in [0.2, 0.25) is 5.91 Å². The third-order valence-electron chi connectivity index (χ3n) is 6.13. The van der Waals surface area contributed by atoms with E-state index >= 15 is 0 Å². The molecule has 0 N–H and O–H groups in total. The molecular weight excluding hydrogens is 344 g/mol. The van der Waals surface area contributed by atoms with E-state index in [1.807, 2.05) is 19.0 Å². The number of carbonyl (C=O) groups is 1. The maximum atomic E-state index is 12.6. The Bertz CT molecular complexity index is 681. The number of methoxy groups -OCH3 is 2. The van der Waals surface area contributed by atoms with Gasteiger partial charge in [0.05, 0.1) is 26.4 Å². The zero-order chi connectivity index (χ0) is 19.6. The minimum absolute atomic E-state index is 0.231. The van der Waals surface area contributed by atoms with Gasteiger partial charge >= 0.3 is 0 Å². The summed E-state index contributed by atoms with van der Waals surface area (Å²) in [6.45, 7) is 4.25. The Kier molecular flexibility index (Phi) is 5.96. The molecule has 150 valence electrons. The van der Waals surface area contributed by atoms with Crippen LogP contribution in [0.1, 0.15) is 37.3 Å². The molecule has 1 atom stereocenters. The number of rotatable bonds is 5. The van der Waals surface area contributed by atoms with E-state index in [1.54, 1.807) is 14.2 Å². The molecule has 0 aliphatic carbocycles. The molecule has 2 heterocycles. The molecular formula is C21H32N2O4. The van der Waals surface area contributed by atoms with Gasteiger partial charge in [-0.1, -0.05) is 0 Å². The highest BCUT2D eigenvalue weighted by atomic mass is 16.5. The molecule has 6 nitrogen and oxygen atoms in total. The summed E-state index contributed by atoms with van der Waals surface area (Å²) in [5, 5.41) is 0. The van der Waals surface area contributed by atoms with E-state index in [0.29, 0.717) is 13.0 Å². The van der Waals surface area contributed by atoms with Gasteiger partial charge in [-0.2, -0.15) is 0 Å². The Morgan fingerprint density at radius 2 is 1.85 bits per heavy atom. The Morgan fingerprint density at radius 3 is 2.44 bits per heavy atom. The number of amides is 1. The molecule has 1 saturated heterocycles. The number of carbonyl (C=O) groups excluding carboxylic acids is 1. The first-order valence-corrected chi connectivity index (χ1v) is 9.73. The van der Waals surface area contributed by atoms with Gasteiger partial charge in [-0.15, -0.1) is 0 Å². The normalized spacial score (nSPS) is 19.7. The van der Waals surface area contributed by atoms with Crippen LogP contribution in [0.25, 0.3) is 0 Å². The minimum atomic E-state index is -0.322. The zero-order valence-electron chi connectivity index (χ0n) is 17.2. The maximum absolute atomic E-state index is 12.6. The predicted molar refractivity (Wildman–Crippen MR) is 104 cm³/mol. The lowest BCUT2D eigenvalue weighted by Crippen LogP contribution is -2.49. The van der Waals surface area contributed by atoms with Gasteiger partial charge in [0.15, 0.2) is 11.5 Å². The van der Waals surface area contributed by atoms with Crippen LogP contribution < -0.4 is 9.47 Å². The van der Waals surface area contributed by atoms with Gasteiger partial charge < -0.3 is 24.0 Å². The molecule has 0 radical (unpaired) electrons. The van der Waals surface area contributed by atoms with Crippen molar-refractivity contribution >= 4 is 5.91 Å². The number of fused-ring (bicyclic) bond motifs is 2. The van der Waals surface area contributed by atoms with Crippen LogP contribution >= 0.6 is 0 Å². The Balaban J connectivity index is 1.76. The van der Waals surface area contributed by atoms with E-state index in [-0.39, 0.29) is 17.6 Å². The first-order valence-electron chi connectivity index (χ1n) is 9.73. The second kappa shape index (κ2) is 8.07. The first-order chi connectivity index (χ1) is 12.9. The fraction of sp³-hybridized carbons (Fsp3) is 0.667. The number of nitrogens with zero attached hydrogens (tertiary/aromatic N) is 2. The van der Waals surface area contributed by atoms with Gasteiger partial charge in [0.1, 0.15) is 0 Å². The molecule has 6 heteroatoms. The Labute approximate surface area is 162 Å². The fourth-order valence-corrected chi connectivity index (χ4v) is 4.08. The van der Waals surface area contributed by atoms with E-state index in [1.165, 1.54) is 11.1 Å². The summed E-state index contributed by atoms with van der Waals surface area (Å²) in [6, 6.07) is 4.39. The molecule has 1 aromatic rings. The molecule has 1 fully saturated rings. The van der Waals surface area contributed by atoms with Crippen molar-refractivity contribution in [3.8, 4) is 11.5 Å². The summed E-state index contributed by atoms with van der Waals surface area (Å²) in [4.78, 5) is 16.7. The number of ether oxygens (including phenoxy) is 3. The highest BCUT2D eigenvalue weighted by Gasteiger charge is 2.42. The van der Waals surface area contributed by atoms with Crippen LogP contribution in [0.5, 0.6) is 11.5 Å². The number of piperidine rings is 1. The van der Waals surface area contributed by atoms with Crippen LogP contribution in [0, 0.1) is 0 Å². The third kappa shape index (κ3) is 3.92. The molecule has 1 aromatic carbocycles. The maximum Gasteiger partial charge on any atom is 0.224 e. The van der Waals surface area contributed by atoms with Crippen molar-refractivity contribution < 1.29 is 19.0 Å². The van der Waals surface area contributed by atoms with Crippen molar-refractivity contribution in [2.75, 3.05) is 48.0 Å². The summed E-state index contributed by atoms with van der Waals surface area (Å²) in [7, 11) is 7.35. The number of benzene rings is 1. The quantitative estimate of drug-likeness (QED) is 0.790. The van der Waals surface area contributed by atoms with E-state index in [9.17, 15) is 4.79 Å². The molecule has 27 heavy (non-hydrogen) atoms. The van der Waals surface area contributed by atoms with Crippen molar-refractivity contribution in [2.45, 2.75) is 44.2 Å². The van der Waals surface area contributed by atoms with Crippen LogP contribution in [-0.2, 0) is 21.6 Å². The Hall–Kier alpha value is -1.79. The summed E-state index contributed by atoms with van der Waals surface area (Å²) in [5.74, 6) is 1.73. The van der Waals surface area contributed by atoms with Gasteiger partial charge in [0, 0.05) is 25.6 Å². The molecule has 0 aromatic heterocycles. The summed E-state index contributed by atoms with van der Waals surface area (Å²) in [6.07, 6.45) is 3.07. The van der Waals surface area contributed by atoms with Gasteiger partial charge in [-0.25, -0.2) is 0 Å². The Morgan fingerprint density at radius 1 is 1.22 bits per heavy atom. The average molecular weight is 376 g/mol. The van der Waals surface area contributed by atoms with E-state index in [0.717, 1.165) is 43.9 Å². The van der Waals surface area contributed by atoms with E-state index in [2.05, 4.69) is 24.0 Å². The second-order valence-corrected chi connectivity index (χ2v) is 7.85. The highest BCUT2D eigenvalue weighted by Crippen LogP contribution is 2.45. The van der Waals surface area contributed by atoms with Crippen LogP contribution in [0.3, 0.4) is 0 Å². The second-order valence-electron chi connectivity index (χ2n) is 7.85. The third-order valence-corrected chi connectivity index (χ3v) is 6.13. The highest BCUT2D eigenvalue weighted by molar-refractivity contribution is 5.77. The van der Waals surface area contributed by atoms with Crippen molar-refractivity contribution in [3.05, 3.63) is 23.3 Å². The lowest BCUT2D eigenvalue weighted by molar-refractivity contribution is -0.141. The van der Waals surface area contributed by atoms with Crippen molar-refractivity contribution in [1.82, 2.24) is 9.80 Å². The van der Waals surface area contributed by atoms with Crippen LogP contribution in [0.4, 0.5) is 0 Å². The zero-order valence-corrected chi connectivity index (χ0v) is 17.2. The van der Waals surface area contributed by atoms with Crippen molar-refractivity contribution in [3.63, 3.8) is 0 Å². The monoisotopic (exact) mass is 376 g/mol. The van der Waals surface area contributed by atoms with Gasteiger partial charge in [0.25, 0.3) is 0 Å². The van der Waals surface area contributed by atoms with Crippen molar-refractivity contribution in [2.24, 2.45) is 0 Å². The minimum Gasteiger partial charge on any atom is -0.493 e. The molecule has 1 spiro atoms. The van der Waals surface area contributed by atoms with Crippen molar-refractivity contribution in [1.29, 1.82) is 0 Å². The van der Waals surface area contributed by atoms with Crippen LogP contribution in [0.15, 0.2) is 12.1 Å². The summed E-state index contributed by atoms with van der Waals surface area (Å²) < 4.78 is 17.3. The number of hydrogen-bond donors (Lipinski definition) is 0. The lowest BCUT2D eigenvalue weighted by atomic mass is 9.79. The smallest absolute Gasteiger partial charge is 0.224 e. The molecule has 2 aliphatic heterocycles. The van der Waals surface area contributed by atoms with Gasteiger partial charge in [-0.3, -0.25) is 4.79 Å². The van der Waals surface area contributed by atoms with Crippen LogP contribution in [0.2, 0.25) is 0 Å². The molecule has 2 aliphatic rings. The topological polar surface area (TPSA) is 51.2 Å². The predicted octanol–water partition coefficient (Wildman–Crippen LogP) is 2.43. The summed E-state index contributed by atoms with van der Waals surface area (Å²) >= 11 is 0.